The third kappa shape index (κ3) is 5.00. The molecule has 0 saturated carbocycles. The van der Waals surface area contributed by atoms with Crippen molar-refractivity contribution in [3.05, 3.63) is 64.2 Å². The molecule has 1 heterocycles. The zero-order chi connectivity index (χ0) is 21.0. The average Bonchev–Trinajstić information content (AvgIpc) is 2.73. The van der Waals surface area contributed by atoms with Gasteiger partial charge < -0.3 is 5.32 Å². The maximum atomic E-state index is 13.0. The summed E-state index contributed by atoms with van der Waals surface area (Å²) >= 11 is 6.21. The number of benzene rings is 2. The number of hydrogen-bond acceptors (Lipinski definition) is 3. The number of halogens is 1. The highest BCUT2D eigenvalue weighted by atomic mass is 35.5. The van der Waals surface area contributed by atoms with E-state index in [1.807, 2.05) is 38.1 Å². The molecule has 3 rings (SSSR count). The molecule has 1 N–H and O–H groups in total. The monoisotopic (exact) mass is 434 g/mol. The molecule has 5 nitrogen and oxygen atoms in total. The molecule has 0 spiro atoms. The first kappa shape index (κ1) is 21.8. The van der Waals surface area contributed by atoms with E-state index in [-0.39, 0.29) is 27.4 Å². The number of rotatable bonds is 6. The molecule has 1 aliphatic heterocycles. The van der Waals surface area contributed by atoms with Crippen LogP contribution in [0, 0.1) is 6.92 Å². The van der Waals surface area contributed by atoms with E-state index >= 15 is 0 Å². The highest BCUT2D eigenvalue weighted by molar-refractivity contribution is 7.89. The van der Waals surface area contributed by atoms with Gasteiger partial charge in [0, 0.05) is 18.7 Å². The van der Waals surface area contributed by atoms with Gasteiger partial charge >= 0.3 is 0 Å². The van der Waals surface area contributed by atoms with Crippen LogP contribution in [0.2, 0.25) is 5.02 Å². The van der Waals surface area contributed by atoms with Gasteiger partial charge in [-0.05, 0) is 49.9 Å². The van der Waals surface area contributed by atoms with Gasteiger partial charge in [0.05, 0.1) is 11.1 Å². The first-order chi connectivity index (χ1) is 13.8. The number of nitrogens with one attached hydrogen (secondary N) is 1. The molecule has 0 radical (unpaired) electrons. The van der Waals surface area contributed by atoms with Crippen LogP contribution < -0.4 is 5.32 Å². The number of piperidine rings is 1. The van der Waals surface area contributed by atoms with Crippen molar-refractivity contribution in [2.45, 2.75) is 50.5 Å². The second-order valence-corrected chi connectivity index (χ2v) is 9.77. The van der Waals surface area contributed by atoms with E-state index in [0.29, 0.717) is 13.1 Å². The first-order valence-electron chi connectivity index (χ1n) is 10.00. The lowest BCUT2D eigenvalue weighted by molar-refractivity contribution is 0.0935. The molecule has 0 bridgehead atoms. The van der Waals surface area contributed by atoms with E-state index in [9.17, 15) is 13.2 Å². The Balaban J connectivity index is 1.84. The Hall–Kier alpha value is -1.89. The van der Waals surface area contributed by atoms with E-state index in [1.54, 1.807) is 6.07 Å². The van der Waals surface area contributed by atoms with Crippen molar-refractivity contribution in [3.8, 4) is 0 Å². The van der Waals surface area contributed by atoms with Crippen LogP contribution in [0.3, 0.4) is 0 Å². The predicted molar refractivity (Wildman–Crippen MR) is 116 cm³/mol. The minimum absolute atomic E-state index is 0.00268. The lowest BCUT2D eigenvalue weighted by Crippen LogP contribution is -2.36. The van der Waals surface area contributed by atoms with E-state index in [0.717, 1.165) is 36.8 Å². The number of nitrogens with zero attached hydrogens (tertiary/aromatic N) is 1. The topological polar surface area (TPSA) is 66.5 Å². The van der Waals surface area contributed by atoms with Crippen LogP contribution in [-0.2, 0) is 10.0 Å². The van der Waals surface area contributed by atoms with Gasteiger partial charge in [-0.15, -0.1) is 0 Å². The number of hydrogen-bond donors (Lipinski definition) is 1. The normalized spacial score (nSPS) is 16.4. The van der Waals surface area contributed by atoms with Gasteiger partial charge in [0.25, 0.3) is 5.91 Å². The zero-order valence-electron chi connectivity index (χ0n) is 16.8. The van der Waals surface area contributed by atoms with Crippen LogP contribution in [0.5, 0.6) is 0 Å². The third-order valence-electron chi connectivity index (χ3n) is 5.32. The fraction of sp³-hybridized carbons (Fsp3) is 0.409. The lowest BCUT2D eigenvalue weighted by atomic mass is 10.0. The summed E-state index contributed by atoms with van der Waals surface area (Å²) in [6.45, 7) is 4.99. The second kappa shape index (κ2) is 9.28. The van der Waals surface area contributed by atoms with E-state index in [2.05, 4.69) is 5.32 Å². The standard InChI is InChI=1S/C22H27ClN2O3S/c1-3-20(17-9-7-16(2)8-10-17)24-22(26)18-11-12-19(23)21(15-18)29(27,28)25-13-5-4-6-14-25/h7-12,15,20H,3-6,13-14H2,1-2H3,(H,24,26)/t20-/m1/s1. The molecule has 7 heteroatoms. The lowest BCUT2D eigenvalue weighted by Gasteiger charge is -2.26. The van der Waals surface area contributed by atoms with Gasteiger partial charge in [-0.2, -0.15) is 4.31 Å². The molecule has 2 aromatic carbocycles. The minimum atomic E-state index is -3.72. The fourth-order valence-electron chi connectivity index (χ4n) is 3.55. The van der Waals surface area contributed by atoms with Crippen LogP contribution in [-0.4, -0.2) is 31.7 Å². The number of carbonyl (C=O) groups is 1. The Bertz CT molecular complexity index is 968. The smallest absolute Gasteiger partial charge is 0.251 e. The van der Waals surface area contributed by atoms with Gasteiger partial charge in [-0.25, -0.2) is 8.42 Å². The van der Waals surface area contributed by atoms with Gasteiger partial charge in [0.15, 0.2) is 0 Å². The van der Waals surface area contributed by atoms with E-state index < -0.39 is 10.0 Å². The van der Waals surface area contributed by atoms with Gasteiger partial charge in [-0.1, -0.05) is 54.8 Å². The highest BCUT2D eigenvalue weighted by Gasteiger charge is 2.29. The Morgan fingerprint density at radius 2 is 1.76 bits per heavy atom. The molecule has 1 amide bonds. The third-order valence-corrected chi connectivity index (χ3v) is 7.70. The van der Waals surface area contributed by atoms with Crippen LogP contribution in [0.25, 0.3) is 0 Å². The molecule has 1 aliphatic rings. The number of sulfonamides is 1. The molecule has 1 fully saturated rings. The SMILES string of the molecule is CC[C@@H](NC(=O)c1ccc(Cl)c(S(=O)(=O)N2CCCCC2)c1)c1ccc(C)cc1. The molecule has 0 unspecified atom stereocenters. The van der Waals surface area contributed by atoms with Crippen LogP contribution in [0.1, 0.15) is 60.1 Å². The minimum Gasteiger partial charge on any atom is -0.345 e. The van der Waals surface area contributed by atoms with Crippen molar-refractivity contribution in [1.29, 1.82) is 0 Å². The number of carbonyl (C=O) groups excluding carboxylic acids is 1. The van der Waals surface area contributed by atoms with E-state index in [1.165, 1.54) is 16.4 Å². The maximum absolute atomic E-state index is 13.0. The Morgan fingerprint density at radius 1 is 1.10 bits per heavy atom. The van der Waals surface area contributed by atoms with Crippen molar-refractivity contribution < 1.29 is 13.2 Å². The molecule has 29 heavy (non-hydrogen) atoms. The summed E-state index contributed by atoms with van der Waals surface area (Å²) in [5.74, 6) is -0.316. The van der Waals surface area contributed by atoms with Gasteiger partial charge in [0.1, 0.15) is 4.90 Å². The maximum Gasteiger partial charge on any atom is 0.251 e. The second-order valence-electron chi connectivity index (χ2n) is 7.45. The molecule has 2 aromatic rings. The quantitative estimate of drug-likeness (QED) is 0.716. The molecule has 0 aliphatic carbocycles. The van der Waals surface area contributed by atoms with Crippen LogP contribution in [0.4, 0.5) is 0 Å². The molecule has 1 atom stereocenters. The molecular weight excluding hydrogens is 408 g/mol. The van der Waals surface area contributed by atoms with E-state index in [4.69, 9.17) is 11.6 Å². The van der Waals surface area contributed by atoms with Gasteiger partial charge in [-0.3, -0.25) is 4.79 Å². The summed E-state index contributed by atoms with van der Waals surface area (Å²) < 4.78 is 27.5. The summed E-state index contributed by atoms with van der Waals surface area (Å²) in [6, 6.07) is 12.3. The van der Waals surface area contributed by atoms with Crippen molar-refractivity contribution in [1.82, 2.24) is 9.62 Å². The summed E-state index contributed by atoms with van der Waals surface area (Å²) in [5, 5.41) is 3.14. The predicted octanol–water partition coefficient (Wildman–Crippen LogP) is 4.70. The fourth-order valence-corrected chi connectivity index (χ4v) is 5.57. The summed E-state index contributed by atoms with van der Waals surface area (Å²) in [4.78, 5) is 12.9. The Labute approximate surface area is 178 Å². The summed E-state index contributed by atoms with van der Waals surface area (Å²) in [5.41, 5.74) is 2.46. The molecule has 156 valence electrons. The number of amides is 1. The van der Waals surface area contributed by atoms with Crippen molar-refractivity contribution in [2.24, 2.45) is 0 Å². The van der Waals surface area contributed by atoms with Crippen LogP contribution in [0.15, 0.2) is 47.4 Å². The Morgan fingerprint density at radius 3 is 2.38 bits per heavy atom. The van der Waals surface area contributed by atoms with Crippen molar-refractivity contribution in [2.75, 3.05) is 13.1 Å². The van der Waals surface area contributed by atoms with Gasteiger partial charge in [0.2, 0.25) is 10.0 Å². The largest absolute Gasteiger partial charge is 0.345 e. The van der Waals surface area contributed by atoms with Crippen molar-refractivity contribution in [3.63, 3.8) is 0 Å². The zero-order valence-corrected chi connectivity index (χ0v) is 18.4. The van der Waals surface area contributed by atoms with Crippen LogP contribution >= 0.6 is 11.6 Å². The summed E-state index contributed by atoms with van der Waals surface area (Å²) in [6.07, 6.45) is 3.43. The average molecular weight is 435 g/mol. The summed E-state index contributed by atoms with van der Waals surface area (Å²) in [7, 11) is -3.72. The van der Waals surface area contributed by atoms with Crippen molar-refractivity contribution >= 4 is 27.5 Å². The molecule has 1 saturated heterocycles. The molecule has 0 aromatic heterocycles. The first-order valence-corrected chi connectivity index (χ1v) is 11.8. The molecular formula is C22H27ClN2O3S. The Kier molecular flexibility index (Phi) is 6.98. The number of aryl methyl sites for hydroxylation is 1. The highest BCUT2D eigenvalue weighted by Crippen LogP contribution is 2.28.